The summed E-state index contributed by atoms with van der Waals surface area (Å²) in [7, 11) is 0. The van der Waals surface area contributed by atoms with Gasteiger partial charge in [-0.15, -0.1) is 11.6 Å². The van der Waals surface area contributed by atoms with Gasteiger partial charge in [0.1, 0.15) is 22.8 Å². The maximum atomic E-state index is 14.3. The van der Waals surface area contributed by atoms with Crippen LogP contribution >= 0.6 is 27.5 Å². The van der Waals surface area contributed by atoms with E-state index >= 15 is 0 Å². The molecule has 0 fully saturated rings. The van der Waals surface area contributed by atoms with Crippen LogP contribution in [0.3, 0.4) is 0 Å². The summed E-state index contributed by atoms with van der Waals surface area (Å²) < 4.78 is 42.2. The number of pyridine rings is 1. The molecule has 2 rings (SSSR count). The number of carbonyl (C=O) groups is 1. The summed E-state index contributed by atoms with van der Waals surface area (Å²) in [5.74, 6) is -5.85. The average molecular weight is 462 g/mol. The van der Waals surface area contributed by atoms with Crippen LogP contribution < -0.4 is 0 Å². The number of aromatic nitrogens is 1. The Bertz CT molecular complexity index is 871. The third-order valence-corrected chi connectivity index (χ3v) is 5.12. The number of nitrogens with zero attached hydrogens (tertiary/aromatic N) is 2. The Morgan fingerprint density at radius 2 is 1.85 bits per heavy atom. The molecule has 0 amide bonds. The van der Waals surface area contributed by atoms with Gasteiger partial charge in [-0.05, 0) is 46.5 Å². The van der Waals surface area contributed by atoms with Crippen LogP contribution in [-0.2, 0) is 4.79 Å². The van der Waals surface area contributed by atoms with Crippen LogP contribution in [0.1, 0.15) is 35.8 Å². The van der Waals surface area contributed by atoms with Gasteiger partial charge in [0.2, 0.25) is 0 Å². The topological polar surface area (TPSA) is 74.0 Å². The summed E-state index contributed by atoms with van der Waals surface area (Å²) >= 11 is 8.75. The fraction of sp³-hybridized carbons (Fsp3) is 0.278. The highest BCUT2D eigenvalue weighted by atomic mass is 79.9. The van der Waals surface area contributed by atoms with Crippen molar-refractivity contribution in [3.05, 3.63) is 63.6 Å². The molecule has 27 heavy (non-hydrogen) atoms. The van der Waals surface area contributed by atoms with Crippen molar-refractivity contribution >= 4 is 33.5 Å². The molecule has 0 aliphatic carbocycles. The number of benzene rings is 1. The first-order valence-electron chi connectivity index (χ1n) is 7.76. The van der Waals surface area contributed by atoms with Crippen molar-refractivity contribution in [3.63, 3.8) is 0 Å². The van der Waals surface area contributed by atoms with E-state index in [2.05, 4.69) is 20.9 Å². The van der Waals surface area contributed by atoms with E-state index in [0.29, 0.717) is 5.56 Å². The second kappa shape index (κ2) is 9.20. The molecule has 1 aromatic heterocycles. The lowest BCUT2D eigenvalue weighted by Crippen LogP contribution is -2.19. The van der Waals surface area contributed by atoms with E-state index in [1.54, 1.807) is 0 Å². The van der Waals surface area contributed by atoms with E-state index < -0.39 is 40.6 Å². The molecule has 0 aliphatic heterocycles. The number of rotatable bonds is 7. The van der Waals surface area contributed by atoms with E-state index in [0.717, 1.165) is 18.5 Å². The standard InChI is InChI=1S/C18H13BrClF3N2O2/c19-12-5-9(1-4-14(12)21)11(6-24)10(2-3-13(20)18(26)27)17-15(22)7-25-8-16(17)23/h1,4-5,7-8,10-11,13H,2-3H2,(H,26,27). The van der Waals surface area contributed by atoms with Gasteiger partial charge >= 0.3 is 5.97 Å². The smallest absolute Gasteiger partial charge is 0.321 e. The summed E-state index contributed by atoms with van der Waals surface area (Å²) in [6.07, 6.45) is 1.43. The molecule has 1 heterocycles. The first-order chi connectivity index (χ1) is 12.8. The zero-order valence-corrected chi connectivity index (χ0v) is 16.0. The monoisotopic (exact) mass is 460 g/mol. The maximum absolute atomic E-state index is 14.3. The average Bonchev–Trinajstić information content (AvgIpc) is 2.61. The molecule has 0 saturated heterocycles. The van der Waals surface area contributed by atoms with Gasteiger partial charge in [-0.1, -0.05) is 6.07 Å². The molecule has 0 aliphatic rings. The number of hydrogen-bond donors (Lipinski definition) is 1. The number of hydrogen-bond acceptors (Lipinski definition) is 3. The molecule has 0 radical (unpaired) electrons. The van der Waals surface area contributed by atoms with Gasteiger partial charge in [0.25, 0.3) is 0 Å². The van der Waals surface area contributed by atoms with Crippen LogP contribution in [-0.4, -0.2) is 21.4 Å². The van der Waals surface area contributed by atoms with Gasteiger partial charge in [-0.25, -0.2) is 13.2 Å². The maximum Gasteiger partial charge on any atom is 0.321 e. The predicted octanol–water partition coefficient (Wildman–Crippen LogP) is 5.12. The lowest BCUT2D eigenvalue weighted by molar-refractivity contribution is -0.136. The second-order valence-electron chi connectivity index (χ2n) is 5.79. The quantitative estimate of drug-likeness (QED) is 0.581. The van der Waals surface area contributed by atoms with Crippen LogP contribution in [0.15, 0.2) is 35.1 Å². The first kappa shape index (κ1) is 21.2. The molecule has 1 N–H and O–H groups in total. The molecule has 1 aromatic carbocycles. The zero-order chi connectivity index (χ0) is 20.1. The number of aliphatic carboxylic acids is 1. The van der Waals surface area contributed by atoms with Crippen molar-refractivity contribution in [3.8, 4) is 6.07 Å². The number of carboxylic acid groups (broad SMARTS) is 1. The van der Waals surface area contributed by atoms with E-state index in [1.165, 1.54) is 12.1 Å². The fourth-order valence-corrected chi connectivity index (χ4v) is 3.33. The fourth-order valence-electron chi connectivity index (χ4n) is 2.81. The minimum Gasteiger partial charge on any atom is -0.480 e. The third kappa shape index (κ3) is 4.99. The Morgan fingerprint density at radius 1 is 1.22 bits per heavy atom. The van der Waals surface area contributed by atoms with Crippen LogP contribution in [0.25, 0.3) is 0 Å². The number of carboxylic acids is 1. The summed E-state index contributed by atoms with van der Waals surface area (Å²) in [6, 6.07) is 5.80. The normalized spacial score (nSPS) is 14.2. The highest BCUT2D eigenvalue weighted by molar-refractivity contribution is 9.10. The highest BCUT2D eigenvalue weighted by Crippen LogP contribution is 2.40. The van der Waals surface area contributed by atoms with Gasteiger partial charge < -0.3 is 5.11 Å². The van der Waals surface area contributed by atoms with Gasteiger partial charge in [-0.3, -0.25) is 9.78 Å². The molecule has 4 nitrogen and oxygen atoms in total. The molecule has 0 spiro atoms. The Labute approximate surface area is 166 Å². The molecular formula is C18H13BrClF3N2O2. The lowest BCUT2D eigenvalue weighted by Gasteiger charge is -2.24. The number of nitriles is 1. The van der Waals surface area contributed by atoms with Crippen LogP contribution in [0.2, 0.25) is 0 Å². The van der Waals surface area contributed by atoms with Gasteiger partial charge in [0.15, 0.2) is 0 Å². The second-order valence-corrected chi connectivity index (χ2v) is 7.17. The molecule has 0 saturated carbocycles. The Balaban J connectivity index is 2.50. The third-order valence-electron chi connectivity index (χ3n) is 4.10. The van der Waals surface area contributed by atoms with Crippen molar-refractivity contribution in [2.75, 3.05) is 0 Å². The van der Waals surface area contributed by atoms with Crippen LogP contribution in [0.4, 0.5) is 13.2 Å². The summed E-state index contributed by atoms with van der Waals surface area (Å²) in [4.78, 5) is 14.4. The molecule has 0 bridgehead atoms. The number of halogens is 5. The summed E-state index contributed by atoms with van der Waals surface area (Å²) in [5, 5.41) is 17.3. The van der Waals surface area contributed by atoms with Crippen molar-refractivity contribution < 1.29 is 23.1 Å². The zero-order valence-electron chi connectivity index (χ0n) is 13.7. The van der Waals surface area contributed by atoms with E-state index in [4.69, 9.17) is 16.7 Å². The van der Waals surface area contributed by atoms with Gasteiger partial charge in [-0.2, -0.15) is 5.26 Å². The highest BCUT2D eigenvalue weighted by Gasteiger charge is 2.31. The first-order valence-corrected chi connectivity index (χ1v) is 8.99. The Hall–Kier alpha value is -2.11. The molecule has 3 atom stereocenters. The van der Waals surface area contributed by atoms with Crippen molar-refractivity contribution in [1.29, 1.82) is 5.26 Å². The summed E-state index contributed by atoms with van der Waals surface area (Å²) in [6.45, 7) is 0. The van der Waals surface area contributed by atoms with E-state index in [9.17, 15) is 23.2 Å². The Kier molecular flexibility index (Phi) is 7.22. The van der Waals surface area contributed by atoms with Crippen LogP contribution in [0.5, 0.6) is 0 Å². The molecule has 3 unspecified atom stereocenters. The van der Waals surface area contributed by atoms with E-state index in [-0.39, 0.29) is 22.9 Å². The van der Waals surface area contributed by atoms with Gasteiger partial charge in [0.05, 0.1) is 28.9 Å². The van der Waals surface area contributed by atoms with Gasteiger partial charge in [0, 0.05) is 11.5 Å². The predicted molar refractivity (Wildman–Crippen MR) is 95.9 cm³/mol. The molecular weight excluding hydrogens is 449 g/mol. The van der Waals surface area contributed by atoms with Crippen molar-refractivity contribution in [1.82, 2.24) is 4.98 Å². The minimum absolute atomic E-state index is 0.0778. The SMILES string of the molecule is N#CC(c1ccc(F)c(Br)c1)C(CCC(Cl)C(=O)O)c1c(F)cncc1F. The van der Waals surface area contributed by atoms with Crippen molar-refractivity contribution in [2.45, 2.75) is 30.1 Å². The molecule has 9 heteroatoms. The minimum atomic E-state index is -1.28. The Morgan fingerprint density at radius 3 is 2.37 bits per heavy atom. The van der Waals surface area contributed by atoms with Crippen LogP contribution in [0, 0.1) is 28.8 Å². The van der Waals surface area contributed by atoms with Crippen molar-refractivity contribution in [2.24, 2.45) is 0 Å². The molecule has 142 valence electrons. The van der Waals surface area contributed by atoms with E-state index in [1.807, 2.05) is 6.07 Å². The number of alkyl halides is 1. The molecule has 2 aromatic rings. The largest absolute Gasteiger partial charge is 0.480 e. The lowest BCUT2D eigenvalue weighted by atomic mass is 9.79. The summed E-state index contributed by atoms with van der Waals surface area (Å²) in [5.41, 5.74) is -0.0564.